The monoisotopic (exact) mass is 373 g/mol. The zero-order valence-electron chi connectivity index (χ0n) is 14.9. The number of nitro groups is 1. The topological polar surface area (TPSA) is 127 Å². The Morgan fingerprint density at radius 2 is 2.00 bits per heavy atom. The van der Waals surface area contributed by atoms with Crippen molar-refractivity contribution in [1.82, 2.24) is 9.97 Å². The van der Waals surface area contributed by atoms with Gasteiger partial charge in [-0.2, -0.15) is 0 Å². The van der Waals surface area contributed by atoms with E-state index in [9.17, 15) is 19.7 Å². The first-order valence-electron chi connectivity index (χ1n) is 8.04. The van der Waals surface area contributed by atoms with Gasteiger partial charge < -0.3 is 14.5 Å². The van der Waals surface area contributed by atoms with Crippen molar-refractivity contribution in [3.8, 4) is 11.5 Å². The van der Waals surface area contributed by atoms with Crippen molar-refractivity contribution in [2.75, 3.05) is 13.7 Å². The van der Waals surface area contributed by atoms with Crippen molar-refractivity contribution in [3.05, 3.63) is 72.6 Å². The molecule has 0 aliphatic heterocycles. The molecule has 142 valence electrons. The van der Waals surface area contributed by atoms with Crippen LogP contribution >= 0.6 is 0 Å². The fourth-order valence-corrected chi connectivity index (χ4v) is 2.56. The molecule has 0 unspecified atom stereocenters. The number of aromatic nitrogens is 2. The maximum Gasteiger partial charge on any atom is 0.357 e. The number of allylic oxidation sites excluding steroid dienone is 1. The molecule has 2 rings (SSSR count). The van der Waals surface area contributed by atoms with Crippen molar-refractivity contribution < 1.29 is 14.4 Å². The minimum absolute atomic E-state index is 0.201. The summed E-state index contributed by atoms with van der Waals surface area (Å²) in [6, 6.07) is 3.50. The van der Waals surface area contributed by atoms with Crippen LogP contribution in [0.1, 0.15) is 23.7 Å². The Morgan fingerprint density at radius 1 is 1.26 bits per heavy atom. The third kappa shape index (κ3) is 4.51. The molecule has 0 fully saturated rings. The SMILES string of the molecule is C=CCc1cc(/C=C/c2[nH]c(=O)[nH]c(=O)c2[N+](=O)[O-])cc(OCC)c1OC. The van der Waals surface area contributed by atoms with Crippen molar-refractivity contribution in [1.29, 1.82) is 0 Å². The van der Waals surface area contributed by atoms with Crippen LogP contribution in [0.2, 0.25) is 0 Å². The molecule has 1 aromatic heterocycles. The van der Waals surface area contributed by atoms with Gasteiger partial charge in [0.25, 0.3) is 0 Å². The van der Waals surface area contributed by atoms with Gasteiger partial charge in [-0.1, -0.05) is 12.2 Å². The summed E-state index contributed by atoms with van der Waals surface area (Å²) in [4.78, 5) is 37.5. The molecular weight excluding hydrogens is 354 g/mol. The van der Waals surface area contributed by atoms with Gasteiger partial charge in [-0.25, -0.2) is 4.79 Å². The zero-order valence-corrected chi connectivity index (χ0v) is 14.9. The van der Waals surface area contributed by atoms with E-state index >= 15 is 0 Å². The summed E-state index contributed by atoms with van der Waals surface area (Å²) < 4.78 is 11.0. The van der Waals surface area contributed by atoms with Crippen LogP contribution in [-0.2, 0) is 6.42 Å². The average Bonchev–Trinajstić information content (AvgIpc) is 2.59. The Morgan fingerprint density at radius 3 is 2.59 bits per heavy atom. The highest BCUT2D eigenvalue weighted by molar-refractivity contribution is 5.73. The number of methoxy groups -OCH3 is 1. The first-order chi connectivity index (χ1) is 12.9. The van der Waals surface area contributed by atoms with Crippen LogP contribution in [0.5, 0.6) is 11.5 Å². The molecule has 1 heterocycles. The Labute approximate surface area is 154 Å². The summed E-state index contributed by atoms with van der Waals surface area (Å²) in [7, 11) is 1.53. The third-order valence-corrected chi connectivity index (χ3v) is 3.59. The van der Waals surface area contributed by atoms with Gasteiger partial charge in [-0.3, -0.25) is 19.9 Å². The number of ether oxygens (including phenoxy) is 2. The first-order valence-corrected chi connectivity index (χ1v) is 8.04. The number of nitrogens with zero attached hydrogens (tertiary/aromatic N) is 1. The van der Waals surface area contributed by atoms with E-state index in [4.69, 9.17) is 9.47 Å². The standard InChI is InChI=1S/C18H19N3O6/c1-4-6-12-9-11(10-14(27-5-2)16(12)26-3)7-8-13-15(21(24)25)17(22)20-18(23)19-13/h4,7-10H,1,5-6H2,2-3H3,(H2,19,20,22,23)/b8-7+. The Kier molecular flexibility index (Phi) is 6.32. The van der Waals surface area contributed by atoms with E-state index in [1.807, 2.05) is 11.9 Å². The molecule has 2 N–H and O–H groups in total. The summed E-state index contributed by atoms with van der Waals surface area (Å²) in [6.45, 7) is 5.97. The maximum atomic E-state index is 11.7. The molecule has 0 saturated carbocycles. The highest BCUT2D eigenvalue weighted by atomic mass is 16.6. The number of H-pyrrole nitrogens is 2. The van der Waals surface area contributed by atoms with Crippen LogP contribution in [-0.4, -0.2) is 28.6 Å². The summed E-state index contributed by atoms with van der Waals surface area (Å²) in [5.41, 5.74) is -1.38. The lowest BCUT2D eigenvalue weighted by Gasteiger charge is -2.14. The van der Waals surface area contributed by atoms with Gasteiger partial charge in [0, 0.05) is 5.56 Å². The zero-order chi connectivity index (χ0) is 20.0. The highest BCUT2D eigenvalue weighted by Gasteiger charge is 2.19. The second-order valence-electron chi connectivity index (χ2n) is 5.40. The first kappa shape index (κ1) is 19.7. The van der Waals surface area contributed by atoms with E-state index in [2.05, 4.69) is 11.6 Å². The van der Waals surface area contributed by atoms with Crippen LogP contribution in [0.15, 0.2) is 34.4 Å². The summed E-state index contributed by atoms with van der Waals surface area (Å²) in [6.07, 6.45) is 5.06. The largest absolute Gasteiger partial charge is 0.493 e. The van der Waals surface area contributed by atoms with E-state index in [1.54, 1.807) is 18.2 Å². The minimum Gasteiger partial charge on any atom is -0.493 e. The third-order valence-electron chi connectivity index (χ3n) is 3.59. The molecule has 9 heteroatoms. The lowest BCUT2D eigenvalue weighted by molar-refractivity contribution is -0.386. The van der Waals surface area contributed by atoms with E-state index in [0.717, 1.165) is 5.56 Å². The average molecular weight is 373 g/mol. The summed E-state index contributed by atoms with van der Waals surface area (Å²) in [5, 5.41) is 11.1. The number of benzene rings is 1. The number of aromatic amines is 2. The molecule has 0 spiro atoms. The fraction of sp³-hybridized carbons (Fsp3) is 0.222. The van der Waals surface area contributed by atoms with Crippen LogP contribution < -0.4 is 20.7 Å². The Hall–Kier alpha value is -3.62. The molecule has 0 amide bonds. The fourth-order valence-electron chi connectivity index (χ4n) is 2.56. The van der Waals surface area contributed by atoms with Crippen LogP contribution in [0.4, 0.5) is 5.69 Å². The molecule has 2 aromatic rings. The molecule has 0 radical (unpaired) electrons. The molecule has 0 bridgehead atoms. The van der Waals surface area contributed by atoms with Gasteiger partial charge in [-0.15, -0.1) is 6.58 Å². The van der Waals surface area contributed by atoms with Gasteiger partial charge in [0.15, 0.2) is 11.5 Å². The second kappa shape index (κ2) is 8.65. The van der Waals surface area contributed by atoms with Crippen molar-refractivity contribution in [2.24, 2.45) is 0 Å². The predicted octanol–water partition coefficient (Wildman–Crippen LogP) is 2.28. The normalized spacial score (nSPS) is 10.7. The molecule has 27 heavy (non-hydrogen) atoms. The quantitative estimate of drug-likeness (QED) is 0.415. The second-order valence-corrected chi connectivity index (χ2v) is 5.40. The molecule has 1 aromatic carbocycles. The van der Waals surface area contributed by atoms with Gasteiger partial charge in [-0.05, 0) is 37.1 Å². The molecular formula is C18H19N3O6. The molecule has 9 nitrogen and oxygen atoms in total. The van der Waals surface area contributed by atoms with Crippen LogP contribution in [0.25, 0.3) is 12.2 Å². The highest BCUT2D eigenvalue weighted by Crippen LogP contribution is 2.34. The number of hydrogen-bond donors (Lipinski definition) is 2. The Bertz CT molecular complexity index is 1000. The molecule has 0 atom stereocenters. The maximum absolute atomic E-state index is 11.7. The van der Waals surface area contributed by atoms with E-state index in [0.29, 0.717) is 30.1 Å². The predicted molar refractivity (Wildman–Crippen MR) is 101 cm³/mol. The van der Waals surface area contributed by atoms with Gasteiger partial charge in [0.05, 0.1) is 18.6 Å². The van der Waals surface area contributed by atoms with Gasteiger partial charge in [0.2, 0.25) is 0 Å². The smallest absolute Gasteiger partial charge is 0.357 e. The summed E-state index contributed by atoms with van der Waals surface area (Å²) in [5.74, 6) is 1.08. The lowest BCUT2D eigenvalue weighted by atomic mass is 10.0. The van der Waals surface area contributed by atoms with Gasteiger partial charge in [0.1, 0.15) is 5.69 Å². The van der Waals surface area contributed by atoms with Crippen molar-refractivity contribution >= 4 is 17.8 Å². The van der Waals surface area contributed by atoms with E-state index in [-0.39, 0.29) is 5.69 Å². The molecule has 0 aliphatic carbocycles. The molecule has 0 aliphatic rings. The summed E-state index contributed by atoms with van der Waals surface area (Å²) >= 11 is 0. The lowest BCUT2D eigenvalue weighted by Crippen LogP contribution is -2.25. The van der Waals surface area contributed by atoms with Crippen molar-refractivity contribution in [3.63, 3.8) is 0 Å². The van der Waals surface area contributed by atoms with Crippen LogP contribution in [0, 0.1) is 10.1 Å². The molecule has 0 saturated heterocycles. The van der Waals surface area contributed by atoms with Gasteiger partial charge >= 0.3 is 16.9 Å². The van der Waals surface area contributed by atoms with Crippen molar-refractivity contribution in [2.45, 2.75) is 13.3 Å². The van der Waals surface area contributed by atoms with E-state index in [1.165, 1.54) is 19.3 Å². The Balaban J connectivity index is 2.57. The number of hydrogen-bond acceptors (Lipinski definition) is 6. The number of nitrogens with one attached hydrogen (secondary N) is 2. The van der Waals surface area contributed by atoms with Crippen LogP contribution in [0.3, 0.4) is 0 Å². The van der Waals surface area contributed by atoms with E-state index < -0.39 is 21.9 Å². The minimum atomic E-state index is -1.07. The number of rotatable bonds is 8.